The molecule has 94 valence electrons. The molecule has 0 bridgehead atoms. The number of carbonyl (C=O) groups is 1. The Hall–Kier alpha value is -1.35. The van der Waals surface area contributed by atoms with E-state index in [1.807, 2.05) is 30.3 Å². The third-order valence-corrected chi connectivity index (χ3v) is 2.66. The van der Waals surface area contributed by atoms with Crippen molar-refractivity contribution in [2.45, 2.75) is 20.3 Å². The molecular weight excluding hydrogens is 212 g/mol. The Morgan fingerprint density at radius 1 is 1.29 bits per heavy atom. The van der Waals surface area contributed by atoms with Crippen LogP contribution in [0.25, 0.3) is 0 Å². The molecule has 3 N–H and O–H groups in total. The maximum atomic E-state index is 11.9. The zero-order valence-corrected chi connectivity index (χ0v) is 10.6. The third kappa shape index (κ3) is 5.00. The highest BCUT2D eigenvalue weighted by Gasteiger charge is 2.16. The second-order valence-electron chi connectivity index (χ2n) is 4.76. The molecule has 1 aromatic carbocycles. The van der Waals surface area contributed by atoms with Gasteiger partial charge in [-0.25, -0.2) is 0 Å². The predicted octanol–water partition coefficient (Wildman–Crippen LogP) is 1.58. The van der Waals surface area contributed by atoms with E-state index in [4.69, 9.17) is 5.73 Å². The van der Waals surface area contributed by atoms with E-state index in [-0.39, 0.29) is 11.8 Å². The van der Waals surface area contributed by atoms with Gasteiger partial charge in [0.15, 0.2) is 0 Å². The molecule has 17 heavy (non-hydrogen) atoms. The number of amides is 1. The summed E-state index contributed by atoms with van der Waals surface area (Å²) in [6.07, 6.45) is 0.710. The predicted molar refractivity (Wildman–Crippen MR) is 70.5 cm³/mol. The lowest BCUT2D eigenvalue weighted by atomic mass is 9.98. The SMILES string of the molecule is CC(C)CNC(=O)C(CN)Cc1ccccc1. The van der Waals surface area contributed by atoms with Gasteiger partial charge in [-0.15, -0.1) is 0 Å². The van der Waals surface area contributed by atoms with Crippen molar-refractivity contribution >= 4 is 5.91 Å². The minimum Gasteiger partial charge on any atom is -0.356 e. The van der Waals surface area contributed by atoms with Crippen LogP contribution in [-0.4, -0.2) is 19.0 Å². The van der Waals surface area contributed by atoms with Crippen LogP contribution in [0.3, 0.4) is 0 Å². The van der Waals surface area contributed by atoms with Crippen LogP contribution >= 0.6 is 0 Å². The average Bonchev–Trinajstić information content (AvgIpc) is 2.34. The molecule has 0 aliphatic carbocycles. The Balaban J connectivity index is 2.51. The Kier molecular flexibility index (Phi) is 5.70. The molecule has 0 fully saturated rings. The van der Waals surface area contributed by atoms with E-state index in [1.54, 1.807) is 0 Å². The van der Waals surface area contributed by atoms with Crippen molar-refractivity contribution in [1.82, 2.24) is 5.32 Å². The van der Waals surface area contributed by atoms with Crippen LogP contribution in [-0.2, 0) is 11.2 Å². The van der Waals surface area contributed by atoms with Crippen LogP contribution in [0.1, 0.15) is 19.4 Å². The highest BCUT2D eigenvalue weighted by atomic mass is 16.1. The number of carbonyl (C=O) groups excluding carboxylic acids is 1. The Labute approximate surface area is 103 Å². The van der Waals surface area contributed by atoms with Crippen LogP contribution in [0, 0.1) is 11.8 Å². The van der Waals surface area contributed by atoms with Crippen molar-refractivity contribution in [1.29, 1.82) is 0 Å². The lowest BCUT2D eigenvalue weighted by Crippen LogP contribution is -2.37. The van der Waals surface area contributed by atoms with E-state index in [2.05, 4.69) is 19.2 Å². The fourth-order valence-corrected chi connectivity index (χ4v) is 1.63. The Bertz CT molecular complexity index is 335. The molecule has 0 radical (unpaired) electrons. The molecule has 1 rings (SSSR count). The molecule has 0 aromatic heterocycles. The maximum Gasteiger partial charge on any atom is 0.224 e. The summed E-state index contributed by atoms with van der Waals surface area (Å²) in [6, 6.07) is 9.99. The second-order valence-corrected chi connectivity index (χ2v) is 4.76. The molecule has 1 atom stereocenters. The first-order chi connectivity index (χ1) is 8.13. The van der Waals surface area contributed by atoms with Gasteiger partial charge in [0, 0.05) is 13.1 Å². The van der Waals surface area contributed by atoms with Crippen molar-refractivity contribution in [3.8, 4) is 0 Å². The number of rotatable bonds is 6. The fraction of sp³-hybridized carbons (Fsp3) is 0.500. The van der Waals surface area contributed by atoms with Crippen molar-refractivity contribution in [2.75, 3.05) is 13.1 Å². The number of hydrogen-bond acceptors (Lipinski definition) is 2. The van der Waals surface area contributed by atoms with Gasteiger partial charge in [-0.3, -0.25) is 4.79 Å². The smallest absolute Gasteiger partial charge is 0.224 e. The number of hydrogen-bond donors (Lipinski definition) is 2. The normalized spacial score (nSPS) is 12.5. The highest BCUT2D eigenvalue weighted by molar-refractivity contribution is 5.79. The number of nitrogens with two attached hydrogens (primary N) is 1. The van der Waals surface area contributed by atoms with E-state index in [0.717, 1.165) is 5.56 Å². The van der Waals surface area contributed by atoms with Crippen molar-refractivity contribution in [3.05, 3.63) is 35.9 Å². The molecule has 0 saturated carbocycles. The standard InChI is InChI=1S/C14H22N2O/c1-11(2)10-16-14(17)13(9-15)8-12-6-4-3-5-7-12/h3-7,11,13H,8-10,15H2,1-2H3,(H,16,17). The topological polar surface area (TPSA) is 55.1 Å². The largest absolute Gasteiger partial charge is 0.356 e. The lowest BCUT2D eigenvalue weighted by molar-refractivity contribution is -0.124. The molecule has 1 unspecified atom stereocenters. The Morgan fingerprint density at radius 2 is 1.94 bits per heavy atom. The van der Waals surface area contributed by atoms with Gasteiger partial charge >= 0.3 is 0 Å². The highest BCUT2D eigenvalue weighted by Crippen LogP contribution is 2.08. The van der Waals surface area contributed by atoms with Gasteiger partial charge in [-0.1, -0.05) is 44.2 Å². The molecular formula is C14H22N2O. The van der Waals surface area contributed by atoms with Gasteiger partial charge in [0.25, 0.3) is 0 Å². The Morgan fingerprint density at radius 3 is 2.47 bits per heavy atom. The molecule has 0 spiro atoms. The van der Waals surface area contributed by atoms with Gasteiger partial charge in [0.05, 0.1) is 5.92 Å². The van der Waals surface area contributed by atoms with Gasteiger partial charge < -0.3 is 11.1 Å². The molecule has 0 heterocycles. The second kappa shape index (κ2) is 7.07. The minimum atomic E-state index is -0.129. The summed E-state index contributed by atoms with van der Waals surface area (Å²) < 4.78 is 0. The monoisotopic (exact) mass is 234 g/mol. The minimum absolute atomic E-state index is 0.0602. The average molecular weight is 234 g/mol. The van der Waals surface area contributed by atoms with E-state index in [1.165, 1.54) is 0 Å². The summed E-state index contributed by atoms with van der Waals surface area (Å²) in [5.41, 5.74) is 6.82. The van der Waals surface area contributed by atoms with E-state index < -0.39 is 0 Å². The number of benzene rings is 1. The van der Waals surface area contributed by atoms with Crippen LogP contribution in [0.2, 0.25) is 0 Å². The summed E-state index contributed by atoms with van der Waals surface area (Å²) in [5.74, 6) is 0.398. The molecule has 1 amide bonds. The summed E-state index contributed by atoms with van der Waals surface area (Å²) in [7, 11) is 0. The summed E-state index contributed by atoms with van der Waals surface area (Å²) >= 11 is 0. The van der Waals surface area contributed by atoms with Crippen molar-refractivity contribution < 1.29 is 4.79 Å². The van der Waals surface area contributed by atoms with Gasteiger partial charge in [-0.2, -0.15) is 0 Å². The number of nitrogens with one attached hydrogen (secondary N) is 1. The maximum absolute atomic E-state index is 11.9. The molecule has 0 aliphatic rings. The first-order valence-electron chi connectivity index (χ1n) is 6.15. The zero-order valence-electron chi connectivity index (χ0n) is 10.6. The fourth-order valence-electron chi connectivity index (χ4n) is 1.63. The van der Waals surface area contributed by atoms with Gasteiger partial charge in [0.1, 0.15) is 0 Å². The van der Waals surface area contributed by atoms with Crippen molar-refractivity contribution in [3.63, 3.8) is 0 Å². The summed E-state index contributed by atoms with van der Waals surface area (Å²) in [5, 5.41) is 2.93. The van der Waals surface area contributed by atoms with Crippen LogP contribution in [0.4, 0.5) is 0 Å². The summed E-state index contributed by atoms with van der Waals surface area (Å²) in [6.45, 7) is 5.26. The van der Waals surface area contributed by atoms with Crippen LogP contribution in [0.15, 0.2) is 30.3 Å². The van der Waals surface area contributed by atoms with E-state index >= 15 is 0 Å². The molecule has 0 saturated heterocycles. The summed E-state index contributed by atoms with van der Waals surface area (Å²) in [4.78, 5) is 11.9. The van der Waals surface area contributed by atoms with Gasteiger partial charge in [-0.05, 0) is 17.9 Å². The third-order valence-electron chi connectivity index (χ3n) is 2.66. The first kappa shape index (κ1) is 13.7. The zero-order chi connectivity index (χ0) is 12.7. The first-order valence-corrected chi connectivity index (χ1v) is 6.15. The molecule has 0 aliphatic heterocycles. The van der Waals surface area contributed by atoms with Crippen LogP contribution < -0.4 is 11.1 Å². The molecule has 3 heteroatoms. The lowest BCUT2D eigenvalue weighted by Gasteiger charge is -2.16. The van der Waals surface area contributed by atoms with E-state index in [9.17, 15) is 4.79 Å². The molecule has 1 aromatic rings. The quantitative estimate of drug-likeness (QED) is 0.785. The molecule has 3 nitrogen and oxygen atoms in total. The van der Waals surface area contributed by atoms with Crippen LogP contribution in [0.5, 0.6) is 0 Å². The van der Waals surface area contributed by atoms with Gasteiger partial charge in [0.2, 0.25) is 5.91 Å². The van der Waals surface area contributed by atoms with E-state index in [0.29, 0.717) is 25.4 Å². The van der Waals surface area contributed by atoms with Crippen molar-refractivity contribution in [2.24, 2.45) is 17.6 Å².